The maximum Gasteiger partial charge on any atom is 0.292 e. The van der Waals surface area contributed by atoms with Gasteiger partial charge in [-0.25, -0.2) is 10.7 Å². The van der Waals surface area contributed by atoms with Crippen molar-refractivity contribution in [3.63, 3.8) is 0 Å². The summed E-state index contributed by atoms with van der Waals surface area (Å²) in [5.74, 6) is 0. The predicted molar refractivity (Wildman–Crippen MR) is 53.4 cm³/mol. The molecule has 1 rings (SSSR count). The summed E-state index contributed by atoms with van der Waals surface area (Å²) in [5, 5.41) is 8.22. The van der Waals surface area contributed by atoms with Crippen molar-refractivity contribution < 1.29 is 8.42 Å². The van der Waals surface area contributed by atoms with Crippen molar-refractivity contribution in [2.24, 2.45) is 10.2 Å². The lowest BCUT2D eigenvalue weighted by atomic mass is 10.2. The lowest BCUT2D eigenvalue weighted by Gasteiger charge is -1.98. The molecule has 0 unspecified atom stereocenters. The fraction of sp³-hybridized carbons (Fsp3) is 0. The van der Waals surface area contributed by atoms with Crippen molar-refractivity contribution in [3.8, 4) is 0 Å². The van der Waals surface area contributed by atoms with E-state index >= 15 is 0 Å². The van der Waals surface area contributed by atoms with Gasteiger partial charge in [-0.3, -0.25) is 0 Å². The van der Waals surface area contributed by atoms with Gasteiger partial charge in [0.25, 0.3) is 10.2 Å². The van der Waals surface area contributed by atoms with Crippen LogP contribution in [0.3, 0.4) is 0 Å². The molecule has 0 aromatic heterocycles. The lowest BCUT2D eigenvalue weighted by molar-refractivity contribution is 0.564. The van der Waals surface area contributed by atoms with Crippen molar-refractivity contribution in [1.82, 2.24) is 10.4 Å². The third-order valence-electron chi connectivity index (χ3n) is 1.27. The molecule has 0 atom stereocenters. The van der Waals surface area contributed by atoms with Crippen LogP contribution in [0.15, 0.2) is 35.4 Å². The second-order valence-corrected chi connectivity index (χ2v) is 3.72. The minimum Gasteiger partial charge on any atom is -0.228 e. The van der Waals surface area contributed by atoms with E-state index in [-0.39, 0.29) is 0 Å². The molecule has 0 heterocycles. The quantitative estimate of drug-likeness (QED) is 0.457. The van der Waals surface area contributed by atoms with E-state index in [4.69, 9.17) is 0 Å². The molecule has 76 valence electrons. The van der Waals surface area contributed by atoms with E-state index in [1.165, 1.54) is 6.21 Å². The number of rotatable bonds is 4. The zero-order valence-corrected chi connectivity index (χ0v) is 8.03. The van der Waals surface area contributed by atoms with Gasteiger partial charge in [0.2, 0.25) is 0 Å². The molecule has 0 bridgehead atoms. The largest absolute Gasteiger partial charge is 0.292 e. The molecule has 7 heteroatoms. The van der Waals surface area contributed by atoms with Gasteiger partial charge in [0.1, 0.15) is 0 Å². The third kappa shape index (κ3) is 4.55. The van der Waals surface area contributed by atoms with E-state index < -0.39 is 10.2 Å². The highest BCUT2D eigenvalue weighted by atomic mass is 32.2. The molecule has 4 N–H and O–H groups in total. The molecule has 0 fully saturated rings. The minimum absolute atomic E-state index is 0.844. The van der Waals surface area contributed by atoms with Crippen molar-refractivity contribution in [1.29, 1.82) is 0 Å². The van der Waals surface area contributed by atoms with Gasteiger partial charge in [0.05, 0.1) is 6.21 Å². The fourth-order valence-corrected chi connectivity index (χ4v) is 0.916. The fourth-order valence-electron chi connectivity index (χ4n) is 0.736. The van der Waals surface area contributed by atoms with Crippen LogP contribution in [0.2, 0.25) is 0 Å². The van der Waals surface area contributed by atoms with E-state index in [0.717, 1.165) is 5.56 Å². The minimum atomic E-state index is -3.75. The first-order valence-electron chi connectivity index (χ1n) is 3.70. The maximum atomic E-state index is 10.4. The second kappa shape index (κ2) is 4.70. The molecule has 0 spiro atoms. The Bertz CT molecular complexity index is 401. The summed E-state index contributed by atoms with van der Waals surface area (Å²) < 4.78 is 20.7. The van der Waals surface area contributed by atoms with Crippen molar-refractivity contribution in [3.05, 3.63) is 35.9 Å². The molecule has 0 aliphatic carbocycles. The highest BCUT2D eigenvalue weighted by Gasteiger charge is 1.95. The Morgan fingerprint density at radius 1 is 1.29 bits per heavy atom. The SMILES string of the molecule is NS(=O)(=O)NN/N=C/c1ccccc1. The van der Waals surface area contributed by atoms with Crippen LogP contribution in [-0.2, 0) is 10.2 Å². The number of hydrazine groups is 1. The Morgan fingerprint density at radius 2 is 1.93 bits per heavy atom. The Hall–Kier alpha value is -1.44. The van der Waals surface area contributed by atoms with Crippen molar-refractivity contribution in [2.75, 3.05) is 0 Å². The molecule has 0 aliphatic rings. The molecular formula is C7H10N4O2S. The zero-order chi connectivity index (χ0) is 10.4. The molecule has 14 heavy (non-hydrogen) atoms. The summed E-state index contributed by atoms with van der Waals surface area (Å²) in [6.45, 7) is 0. The topological polar surface area (TPSA) is 96.6 Å². The number of benzene rings is 1. The highest BCUT2D eigenvalue weighted by Crippen LogP contribution is 1.92. The number of hydrogen-bond donors (Lipinski definition) is 3. The predicted octanol–water partition coefficient (Wildman–Crippen LogP) is -0.682. The van der Waals surface area contributed by atoms with Crippen LogP contribution in [0, 0.1) is 0 Å². The average Bonchev–Trinajstić information content (AvgIpc) is 2.13. The van der Waals surface area contributed by atoms with E-state index in [9.17, 15) is 8.42 Å². The van der Waals surface area contributed by atoms with E-state index in [2.05, 4.69) is 15.8 Å². The first-order valence-corrected chi connectivity index (χ1v) is 5.25. The summed E-state index contributed by atoms with van der Waals surface area (Å²) in [7, 11) is -3.75. The van der Waals surface area contributed by atoms with Gasteiger partial charge in [-0.15, -0.1) is 4.83 Å². The summed E-state index contributed by atoms with van der Waals surface area (Å²) >= 11 is 0. The van der Waals surface area contributed by atoms with E-state index in [1.54, 1.807) is 4.83 Å². The monoisotopic (exact) mass is 214 g/mol. The van der Waals surface area contributed by atoms with Gasteiger partial charge in [0, 0.05) is 0 Å². The number of nitrogens with zero attached hydrogens (tertiary/aromatic N) is 1. The third-order valence-corrected chi connectivity index (χ3v) is 1.64. The summed E-state index contributed by atoms with van der Waals surface area (Å²) in [6, 6.07) is 9.19. The van der Waals surface area contributed by atoms with Crippen LogP contribution in [0.1, 0.15) is 5.56 Å². The normalized spacial score (nSPS) is 11.8. The summed E-state index contributed by atoms with van der Waals surface area (Å²) in [6.07, 6.45) is 1.46. The standard InChI is InChI=1S/C7H10N4O2S/c8-14(12,13)11-10-9-6-7-4-2-1-3-5-7/h1-6,10-11H,(H2,8,12,13)/b9-6+. The molecule has 0 saturated heterocycles. The van der Waals surface area contributed by atoms with Crippen LogP contribution in [0.25, 0.3) is 0 Å². The molecule has 0 saturated carbocycles. The van der Waals surface area contributed by atoms with Crippen LogP contribution in [-0.4, -0.2) is 14.6 Å². The summed E-state index contributed by atoms with van der Waals surface area (Å²) in [4.78, 5) is 1.79. The molecule has 1 aromatic carbocycles. The van der Waals surface area contributed by atoms with Crippen LogP contribution >= 0.6 is 0 Å². The van der Waals surface area contributed by atoms with Gasteiger partial charge in [-0.1, -0.05) is 30.3 Å². The lowest BCUT2D eigenvalue weighted by Crippen LogP contribution is -2.38. The second-order valence-electron chi connectivity index (χ2n) is 2.43. The molecule has 0 radical (unpaired) electrons. The Labute approximate surface area is 82.0 Å². The van der Waals surface area contributed by atoms with Crippen molar-refractivity contribution >= 4 is 16.4 Å². The first-order chi connectivity index (χ1) is 6.58. The van der Waals surface area contributed by atoms with Crippen molar-refractivity contribution in [2.45, 2.75) is 0 Å². The number of hydrazone groups is 1. The van der Waals surface area contributed by atoms with Crippen LogP contribution in [0.5, 0.6) is 0 Å². The zero-order valence-electron chi connectivity index (χ0n) is 7.21. The average molecular weight is 214 g/mol. The Morgan fingerprint density at radius 3 is 2.50 bits per heavy atom. The van der Waals surface area contributed by atoms with Crippen LogP contribution < -0.4 is 15.5 Å². The smallest absolute Gasteiger partial charge is 0.228 e. The Kier molecular flexibility index (Phi) is 3.57. The molecule has 6 nitrogen and oxygen atoms in total. The van der Waals surface area contributed by atoms with Crippen LogP contribution in [0.4, 0.5) is 0 Å². The molecule has 0 amide bonds. The number of hydrogen-bond acceptors (Lipinski definition) is 4. The summed E-state index contributed by atoms with van der Waals surface area (Å²) in [5.41, 5.74) is 2.92. The van der Waals surface area contributed by atoms with E-state index in [1.807, 2.05) is 30.3 Å². The maximum absolute atomic E-state index is 10.4. The molecule has 1 aromatic rings. The number of nitrogens with one attached hydrogen (secondary N) is 2. The Balaban J connectivity index is 2.43. The first kappa shape index (κ1) is 10.6. The van der Waals surface area contributed by atoms with Gasteiger partial charge < -0.3 is 0 Å². The van der Waals surface area contributed by atoms with E-state index in [0.29, 0.717) is 0 Å². The van der Waals surface area contributed by atoms with Gasteiger partial charge in [-0.05, 0) is 5.56 Å². The van der Waals surface area contributed by atoms with Gasteiger partial charge >= 0.3 is 0 Å². The van der Waals surface area contributed by atoms with Gasteiger partial charge in [0.15, 0.2) is 0 Å². The van der Waals surface area contributed by atoms with Gasteiger partial charge in [-0.2, -0.15) is 13.5 Å². The number of nitrogens with two attached hydrogens (primary N) is 1. The highest BCUT2D eigenvalue weighted by molar-refractivity contribution is 7.87. The molecular weight excluding hydrogens is 204 g/mol. The molecule has 0 aliphatic heterocycles.